The average molecular weight is 445 g/mol. The van der Waals surface area contributed by atoms with Crippen LogP contribution in [0.5, 0.6) is 0 Å². The maximum absolute atomic E-state index is 12.0. The van der Waals surface area contributed by atoms with Gasteiger partial charge in [-0.25, -0.2) is 4.98 Å². The van der Waals surface area contributed by atoms with Gasteiger partial charge in [-0.15, -0.1) is 0 Å². The molecular formula is C25H28N6O2. The molecule has 2 heterocycles. The monoisotopic (exact) mass is 444 g/mol. The normalized spacial score (nSPS) is 13.2. The topological polar surface area (TPSA) is 104 Å². The van der Waals surface area contributed by atoms with E-state index in [1.54, 1.807) is 25.1 Å². The zero-order valence-electron chi connectivity index (χ0n) is 18.8. The van der Waals surface area contributed by atoms with E-state index >= 15 is 0 Å². The van der Waals surface area contributed by atoms with Gasteiger partial charge in [-0.05, 0) is 29.8 Å². The van der Waals surface area contributed by atoms with Gasteiger partial charge < -0.3 is 26.2 Å². The van der Waals surface area contributed by atoms with Crippen molar-refractivity contribution < 1.29 is 9.59 Å². The molecule has 0 bridgehead atoms. The van der Waals surface area contributed by atoms with Crippen LogP contribution in [0.25, 0.3) is 0 Å². The van der Waals surface area contributed by atoms with Crippen LogP contribution in [0, 0.1) is 5.92 Å². The lowest BCUT2D eigenvalue weighted by molar-refractivity contribution is -0.133. The number of anilines is 4. The highest BCUT2D eigenvalue weighted by Gasteiger charge is 2.33. The minimum absolute atomic E-state index is 0.0626. The summed E-state index contributed by atoms with van der Waals surface area (Å²) >= 11 is 0. The van der Waals surface area contributed by atoms with Crippen LogP contribution >= 0.6 is 0 Å². The Labute approximate surface area is 193 Å². The van der Waals surface area contributed by atoms with E-state index < -0.39 is 5.91 Å². The number of carbonyl (C=O) groups excluding carboxylic acids is 2. The first kappa shape index (κ1) is 22.1. The van der Waals surface area contributed by atoms with Crippen LogP contribution in [-0.4, -0.2) is 48.9 Å². The molecule has 2 aromatic carbocycles. The summed E-state index contributed by atoms with van der Waals surface area (Å²) in [6.07, 6.45) is 1.48. The maximum atomic E-state index is 12.0. The molecule has 0 radical (unpaired) electrons. The van der Waals surface area contributed by atoms with Crippen LogP contribution in [0.15, 0.2) is 66.9 Å². The third kappa shape index (κ3) is 5.23. The molecule has 33 heavy (non-hydrogen) atoms. The Kier molecular flexibility index (Phi) is 6.44. The largest absolute Gasteiger partial charge is 0.380 e. The van der Waals surface area contributed by atoms with E-state index in [4.69, 9.17) is 5.73 Å². The van der Waals surface area contributed by atoms with Crippen LogP contribution in [0.3, 0.4) is 0 Å². The molecule has 1 saturated heterocycles. The van der Waals surface area contributed by atoms with Gasteiger partial charge in [0.1, 0.15) is 5.82 Å². The number of nitrogens with zero attached hydrogens (tertiary/aromatic N) is 3. The van der Waals surface area contributed by atoms with Gasteiger partial charge in [0.05, 0.1) is 17.2 Å². The number of pyridine rings is 1. The van der Waals surface area contributed by atoms with Crippen molar-refractivity contribution in [2.75, 3.05) is 42.7 Å². The van der Waals surface area contributed by atoms with Gasteiger partial charge >= 0.3 is 0 Å². The SMILES string of the molecule is CN(C)C(=O)C1CN(c2ccc(Nc3cc(NCc4ccccc4)c(C(N)=O)cn3)cc2)C1. The Morgan fingerprint density at radius 3 is 2.42 bits per heavy atom. The van der Waals surface area contributed by atoms with Crippen LogP contribution in [-0.2, 0) is 11.3 Å². The fourth-order valence-electron chi connectivity index (χ4n) is 3.77. The Morgan fingerprint density at radius 1 is 1.09 bits per heavy atom. The summed E-state index contributed by atoms with van der Waals surface area (Å²) in [4.78, 5) is 32.0. The van der Waals surface area contributed by atoms with Gasteiger partial charge in [0.2, 0.25) is 5.91 Å². The van der Waals surface area contributed by atoms with E-state index in [1.807, 2.05) is 54.6 Å². The molecule has 0 unspecified atom stereocenters. The molecule has 3 aromatic rings. The van der Waals surface area contributed by atoms with Gasteiger partial charge in [-0.1, -0.05) is 30.3 Å². The molecule has 170 valence electrons. The minimum Gasteiger partial charge on any atom is -0.380 e. The summed E-state index contributed by atoms with van der Waals surface area (Å²) in [6, 6.07) is 19.7. The second-order valence-corrected chi connectivity index (χ2v) is 8.32. The van der Waals surface area contributed by atoms with Gasteiger partial charge in [-0.3, -0.25) is 9.59 Å². The molecule has 0 atom stereocenters. The van der Waals surface area contributed by atoms with Gasteiger partial charge in [-0.2, -0.15) is 0 Å². The lowest BCUT2D eigenvalue weighted by Crippen LogP contribution is -2.53. The Balaban J connectivity index is 1.41. The standard InChI is InChI=1S/C25H28N6O2/c1-30(2)25(33)18-15-31(16-18)20-10-8-19(9-11-20)29-23-12-22(21(14-28-23)24(26)32)27-13-17-6-4-3-5-7-17/h3-12,14,18H,13,15-16H2,1-2H3,(H2,26,32)(H2,27,28,29). The van der Waals surface area contributed by atoms with Crippen LogP contribution in [0.2, 0.25) is 0 Å². The summed E-state index contributed by atoms with van der Waals surface area (Å²) < 4.78 is 0. The zero-order valence-corrected chi connectivity index (χ0v) is 18.8. The highest BCUT2D eigenvalue weighted by atomic mass is 16.2. The molecule has 0 aliphatic carbocycles. The molecule has 8 nitrogen and oxygen atoms in total. The van der Waals surface area contributed by atoms with Crippen molar-refractivity contribution in [3.8, 4) is 0 Å². The number of hydrogen-bond donors (Lipinski definition) is 3. The third-order valence-corrected chi connectivity index (χ3v) is 5.67. The van der Waals surface area contributed by atoms with E-state index in [0.29, 0.717) is 23.6 Å². The highest BCUT2D eigenvalue weighted by molar-refractivity contribution is 5.98. The molecule has 1 fully saturated rings. The third-order valence-electron chi connectivity index (χ3n) is 5.67. The predicted molar refractivity (Wildman–Crippen MR) is 131 cm³/mol. The molecule has 4 N–H and O–H groups in total. The lowest BCUT2D eigenvalue weighted by Gasteiger charge is -2.41. The fourth-order valence-corrected chi connectivity index (χ4v) is 3.77. The van der Waals surface area contributed by atoms with Crippen molar-refractivity contribution in [1.29, 1.82) is 0 Å². The molecule has 1 aliphatic rings. The number of benzene rings is 2. The number of hydrogen-bond acceptors (Lipinski definition) is 6. The molecular weight excluding hydrogens is 416 g/mol. The number of amides is 2. The van der Waals surface area contributed by atoms with E-state index in [1.165, 1.54) is 6.20 Å². The number of primary amides is 1. The second-order valence-electron chi connectivity index (χ2n) is 8.32. The van der Waals surface area contributed by atoms with Crippen molar-refractivity contribution >= 4 is 34.7 Å². The van der Waals surface area contributed by atoms with Crippen molar-refractivity contribution in [3.63, 3.8) is 0 Å². The average Bonchev–Trinajstić information content (AvgIpc) is 2.78. The maximum Gasteiger partial charge on any atom is 0.252 e. The van der Waals surface area contributed by atoms with Crippen molar-refractivity contribution in [3.05, 3.63) is 78.0 Å². The van der Waals surface area contributed by atoms with Gasteiger partial charge in [0.15, 0.2) is 0 Å². The lowest BCUT2D eigenvalue weighted by atomic mass is 9.98. The second kappa shape index (κ2) is 9.60. The van der Waals surface area contributed by atoms with Crippen LogP contribution in [0.1, 0.15) is 15.9 Å². The van der Waals surface area contributed by atoms with Crippen molar-refractivity contribution in [2.24, 2.45) is 11.7 Å². The van der Waals surface area contributed by atoms with Gasteiger partial charge in [0.25, 0.3) is 5.91 Å². The van der Waals surface area contributed by atoms with Crippen LogP contribution in [0.4, 0.5) is 22.9 Å². The number of nitrogens with two attached hydrogens (primary N) is 1. The summed E-state index contributed by atoms with van der Waals surface area (Å²) in [5.41, 5.74) is 9.53. The van der Waals surface area contributed by atoms with Crippen molar-refractivity contribution in [2.45, 2.75) is 6.54 Å². The van der Waals surface area contributed by atoms with Crippen LogP contribution < -0.4 is 21.3 Å². The first-order valence-corrected chi connectivity index (χ1v) is 10.8. The summed E-state index contributed by atoms with van der Waals surface area (Å²) in [6.45, 7) is 2.03. The van der Waals surface area contributed by atoms with Gasteiger partial charge in [0, 0.05) is 57.4 Å². The summed E-state index contributed by atoms with van der Waals surface area (Å²) in [5.74, 6) is 0.303. The van der Waals surface area contributed by atoms with E-state index in [0.717, 1.165) is 30.0 Å². The minimum atomic E-state index is -0.533. The zero-order chi connectivity index (χ0) is 23.4. The summed E-state index contributed by atoms with van der Waals surface area (Å²) in [5, 5.41) is 6.55. The molecule has 0 spiro atoms. The van der Waals surface area contributed by atoms with E-state index in [9.17, 15) is 9.59 Å². The Hall–Kier alpha value is -4.07. The molecule has 2 amide bonds. The number of nitrogens with one attached hydrogen (secondary N) is 2. The number of aromatic nitrogens is 1. The molecule has 1 aliphatic heterocycles. The Morgan fingerprint density at radius 2 is 1.79 bits per heavy atom. The Bertz CT molecular complexity index is 1130. The number of rotatable bonds is 8. The van der Waals surface area contributed by atoms with E-state index in [-0.39, 0.29) is 11.8 Å². The smallest absolute Gasteiger partial charge is 0.252 e. The molecule has 0 saturated carbocycles. The predicted octanol–water partition coefficient (Wildman–Crippen LogP) is 3.06. The highest BCUT2D eigenvalue weighted by Crippen LogP contribution is 2.28. The number of carbonyl (C=O) groups is 2. The summed E-state index contributed by atoms with van der Waals surface area (Å²) in [7, 11) is 3.58. The molecule has 8 heteroatoms. The molecule has 1 aromatic heterocycles. The van der Waals surface area contributed by atoms with Crippen molar-refractivity contribution in [1.82, 2.24) is 9.88 Å². The fraction of sp³-hybridized carbons (Fsp3) is 0.240. The molecule has 4 rings (SSSR count). The van der Waals surface area contributed by atoms with E-state index in [2.05, 4.69) is 20.5 Å². The quantitative estimate of drug-likeness (QED) is 0.493. The first-order chi connectivity index (χ1) is 15.9. The first-order valence-electron chi connectivity index (χ1n) is 10.8.